The highest BCUT2D eigenvalue weighted by Crippen LogP contribution is 2.42. The lowest BCUT2D eigenvalue weighted by atomic mass is 9.84. The second-order valence-electron chi connectivity index (χ2n) is 18.7. The summed E-state index contributed by atoms with van der Waals surface area (Å²) < 4.78 is 44.3. The van der Waals surface area contributed by atoms with E-state index in [1.807, 2.05) is 12.1 Å². The van der Waals surface area contributed by atoms with Crippen LogP contribution in [0.2, 0.25) is 0 Å². The van der Waals surface area contributed by atoms with Gasteiger partial charge in [0.2, 0.25) is 5.95 Å². The van der Waals surface area contributed by atoms with Crippen molar-refractivity contribution in [1.82, 2.24) is 14.5 Å². The predicted molar refractivity (Wildman–Crippen MR) is 262 cm³/mol. The molecule has 0 saturated carbocycles. The van der Waals surface area contributed by atoms with Crippen LogP contribution in [0, 0.1) is 10.8 Å². The fraction of sp³-hybridized carbons (Fsp3) is 0.429. The van der Waals surface area contributed by atoms with Crippen LogP contribution >= 0.6 is 0 Å². The van der Waals surface area contributed by atoms with Gasteiger partial charge in [0.15, 0.2) is 0 Å². The number of para-hydroxylation sites is 1. The van der Waals surface area contributed by atoms with Crippen LogP contribution in [0.1, 0.15) is 76.3 Å². The molecule has 0 radical (unpaired) electrons. The minimum Gasteiger partial charge on any atom is -0.456 e. The second-order valence-corrected chi connectivity index (χ2v) is 18.7. The largest absolute Gasteiger partial charge is 0.456 e. The lowest BCUT2D eigenvalue weighted by Crippen LogP contribution is -2.45. The number of fused-ring (bicyclic) bond motifs is 8. The van der Waals surface area contributed by atoms with E-state index in [0.29, 0.717) is 32.4 Å². The number of rotatable bonds is 24. The van der Waals surface area contributed by atoms with Crippen LogP contribution in [0.3, 0.4) is 0 Å². The topological polar surface area (TPSA) is 99.2 Å². The van der Waals surface area contributed by atoms with Crippen molar-refractivity contribution in [2.24, 2.45) is 10.8 Å². The lowest BCUT2D eigenvalue weighted by Gasteiger charge is -2.40. The smallest absolute Gasteiger partial charge is 0.235 e. The van der Waals surface area contributed by atoms with Gasteiger partial charge in [-0.3, -0.25) is 4.57 Å². The molecule has 10 rings (SSSR count). The van der Waals surface area contributed by atoms with E-state index in [2.05, 4.69) is 109 Å². The van der Waals surface area contributed by atoms with Gasteiger partial charge in [-0.05, 0) is 105 Å². The van der Waals surface area contributed by atoms with Gasteiger partial charge in [0.05, 0.1) is 75.1 Å². The first kappa shape index (κ1) is 44.6. The van der Waals surface area contributed by atoms with Gasteiger partial charge in [0.1, 0.15) is 11.2 Å². The molecule has 10 heteroatoms. The number of nitrogens with zero attached hydrogens (tertiary/aromatic N) is 3. The Balaban J connectivity index is 0.905. The summed E-state index contributed by atoms with van der Waals surface area (Å²) in [5, 5.41) is 5.36. The number of aromatic nitrogens is 3. The van der Waals surface area contributed by atoms with Gasteiger partial charge < -0.3 is 32.8 Å². The molecule has 8 aromatic rings. The van der Waals surface area contributed by atoms with Crippen molar-refractivity contribution in [3.8, 4) is 17.2 Å². The Bertz CT molecular complexity index is 2890. The van der Waals surface area contributed by atoms with Crippen LogP contribution < -0.4 is 0 Å². The maximum Gasteiger partial charge on any atom is 0.235 e. The molecule has 0 spiro atoms. The Hall–Kier alpha value is -5.20. The Morgan fingerprint density at radius 1 is 0.530 bits per heavy atom. The van der Waals surface area contributed by atoms with Gasteiger partial charge in [-0.2, -0.15) is 0 Å². The SMILES string of the molecule is CCC1(COCCCCCOCc2ccc3oc4ccc5c(c6cc(COCCCCCOCC7(CC)COC7)ccc6n5-c5nc(-c6ccccc6)c6ccccc6n5)c4c3c2)COC1. The Labute approximate surface area is 387 Å². The standard InChI is InChI=1S/C56H63N3O7/c1-3-55(36-64-37-55)34-62-28-14-6-12-26-60-32-40-20-22-47-44(30-40)51-48(59(47)54-57-46-19-11-10-18-43(46)53(58-54)42-16-8-5-9-17-42)23-25-50-52(51)45-31-41(21-24-49(45)66-50)33-61-27-13-7-15-29-63-35-56(4-2)38-65-39-56/h5,8-11,16-25,30-31H,3-4,6-7,12-15,26-29,32-39H2,1-2H3. The van der Waals surface area contributed by atoms with E-state index in [4.69, 9.17) is 42.8 Å². The Morgan fingerprint density at radius 2 is 1.11 bits per heavy atom. The van der Waals surface area contributed by atoms with Crippen LogP contribution in [0.25, 0.3) is 71.9 Å². The average Bonchev–Trinajstić information content (AvgIpc) is 3.86. The Morgan fingerprint density at radius 3 is 1.74 bits per heavy atom. The van der Waals surface area contributed by atoms with Crippen molar-refractivity contribution in [1.29, 1.82) is 0 Å². The molecule has 66 heavy (non-hydrogen) atoms. The fourth-order valence-corrected chi connectivity index (χ4v) is 9.54. The highest BCUT2D eigenvalue weighted by atomic mass is 16.5. The second kappa shape index (κ2) is 20.3. The summed E-state index contributed by atoms with van der Waals surface area (Å²) in [7, 11) is 0. The summed E-state index contributed by atoms with van der Waals surface area (Å²) in [5.41, 5.74) is 9.27. The van der Waals surface area contributed by atoms with Crippen LogP contribution in [0.15, 0.2) is 108 Å². The summed E-state index contributed by atoms with van der Waals surface area (Å²) in [6.45, 7) is 13.4. The molecule has 2 fully saturated rings. The van der Waals surface area contributed by atoms with Gasteiger partial charge in [-0.25, -0.2) is 9.97 Å². The zero-order valence-electron chi connectivity index (χ0n) is 38.7. The van der Waals surface area contributed by atoms with Gasteiger partial charge in [0, 0.05) is 69.8 Å². The van der Waals surface area contributed by atoms with Crippen molar-refractivity contribution < 1.29 is 32.8 Å². The van der Waals surface area contributed by atoms with Crippen molar-refractivity contribution in [2.45, 2.75) is 78.4 Å². The number of ether oxygens (including phenoxy) is 6. The number of furan rings is 1. The molecule has 2 saturated heterocycles. The van der Waals surface area contributed by atoms with Crippen molar-refractivity contribution >= 4 is 54.6 Å². The molecule has 0 aliphatic carbocycles. The molecule has 0 amide bonds. The van der Waals surface area contributed by atoms with E-state index >= 15 is 0 Å². The first-order valence-corrected chi connectivity index (χ1v) is 24.3. The highest BCUT2D eigenvalue weighted by Gasteiger charge is 2.37. The Kier molecular flexibility index (Phi) is 13.8. The van der Waals surface area contributed by atoms with Crippen molar-refractivity contribution in [3.63, 3.8) is 0 Å². The minimum absolute atomic E-state index is 0.235. The molecule has 0 atom stereocenters. The zero-order chi connectivity index (χ0) is 44.8. The molecule has 10 nitrogen and oxygen atoms in total. The summed E-state index contributed by atoms with van der Waals surface area (Å²) in [6, 6.07) is 36.0. The summed E-state index contributed by atoms with van der Waals surface area (Å²) in [6.07, 6.45) is 8.44. The van der Waals surface area contributed by atoms with E-state index in [9.17, 15) is 0 Å². The quantitative estimate of drug-likeness (QED) is 0.0549. The van der Waals surface area contributed by atoms with E-state index in [0.717, 1.165) is 181 Å². The summed E-state index contributed by atoms with van der Waals surface area (Å²) >= 11 is 0. The number of benzene rings is 5. The highest BCUT2D eigenvalue weighted by molar-refractivity contribution is 6.27. The monoisotopic (exact) mass is 889 g/mol. The maximum absolute atomic E-state index is 6.59. The molecule has 3 aromatic heterocycles. The van der Waals surface area contributed by atoms with E-state index in [-0.39, 0.29) is 10.8 Å². The number of unbranched alkanes of at least 4 members (excludes halogenated alkanes) is 4. The molecule has 2 aliphatic heterocycles. The van der Waals surface area contributed by atoms with Crippen molar-refractivity contribution in [3.05, 3.63) is 114 Å². The first-order chi connectivity index (χ1) is 32.6. The maximum atomic E-state index is 6.59. The normalized spacial score (nSPS) is 15.6. The van der Waals surface area contributed by atoms with Crippen LogP contribution in [-0.4, -0.2) is 80.6 Å². The van der Waals surface area contributed by atoms with Crippen LogP contribution in [0.5, 0.6) is 0 Å². The van der Waals surface area contributed by atoms with E-state index in [1.165, 1.54) is 0 Å². The molecule has 0 unspecified atom stereocenters. The van der Waals surface area contributed by atoms with E-state index < -0.39 is 0 Å². The van der Waals surface area contributed by atoms with Gasteiger partial charge in [-0.15, -0.1) is 0 Å². The average molecular weight is 890 g/mol. The molecular formula is C56H63N3O7. The van der Waals surface area contributed by atoms with E-state index in [1.54, 1.807) is 0 Å². The van der Waals surface area contributed by atoms with Gasteiger partial charge >= 0.3 is 0 Å². The zero-order valence-corrected chi connectivity index (χ0v) is 38.7. The van der Waals surface area contributed by atoms with Crippen molar-refractivity contribution in [2.75, 3.05) is 66.1 Å². The third-order valence-corrected chi connectivity index (χ3v) is 14.0. The fourth-order valence-electron chi connectivity index (χ4n) is 9.54. The molecule has 0 N–H and O–H groups in total. The molecular weight excluding hydrogens is 827 g/mol. The van der Waals surface area contributed by atoms with Gasteiger partial charge in [0.25, 0.3) is 0 Å². The molecule has 2 aliphatic rings. The predicted octanol–water partition coefficient (Wildman–Crippen LogP) is 12.6. The lowest BCUT2D eigenvalue weighted by molar-refractivity contribution is -0.150. The molecule has 5 heterocycles. The number of hydrogen-bond donors (Lipinski definition) is 0. The van der Waals surface area contributed by atoms with Crippen LogP contribution in [0.4, 0.5) is 0 Å². The molecule has 344 valence electrons. The molecule has 5 aromatic carbocycles. The van der Waals surface area contributed by atoms with Gasteiger partial charge in [-0.1, -0.05) is 74.5 Å². The third kappa shape index (κ3) is 9.37. The molecule has 0 bridgehead atoms. The number of hydrogen-bond acceptors (Lipinski definition) is 9. The summed E-state index contributed by atoms with van der Waals surface area (Å²) in [4.78, 5) is 10.6. The third-order valence-electron chi connectivity index (χ3n) is 14.0. The summed E-state index contributed by atoms with van der Waals surface area (Å²) in [5.74, 6) is 0.622. The van der Waals surface area contributed by atoms with Crippen LogP contribution in [-0.2, 0) is 41.6 Å². The minimum atomic E-state index is 0.235. The first-order valence-electron chi connectivity index (χ1n) is 24.3.